The topological polar surface area (TPSA) is 79.8 Å². The van der Waals surface area contributed by atoms with Gasteiger partial charge in [-0.1, -0.05) is 11.3 Å². The van der Waals surface area contributed by atoms with Crippen LogP contribution in [0.5, 0.6) is 10.9 Å². The second-order valence-corrected chi connectivity index (χ2v) is 13.9. The molecule has 41 heavy (non-hydrogen) atoms. The van der Waals surface area contributed by atoms with Gasteiger partial charge in [0.05, 0.1) is 39.5 Å². The number of thiazole rings is 1. The molecule has 0 radical (unpaired) electrons. The Balaban J connectivity index is 1.79. The summed E-state index contributed by atoms with van der Waals surface area (Å²) in [5.74, 6) is 0.574. The number of hydrogen-bond acceptors (Lipinski definition) is 8. The lowest BCUT2D eigenvalue weighted by Crippen LogP contribution is -2.30. The number of pyridine rings is 1. The van der Waals surface area contributed by atoms with Crippen molar-refractivity contribution >= 4 is 38.4 Å². The van der Waals surface area contributed by atoms with E-state index < -0.39 is 17.1 Å². The van der Waals surface area contributed by atoms with Gasteiger partial charge in [0.15, 0.2) is 0 Å². The van der Waals surface area contributed by atoms with E-state index in [1.54, 1.807) is 0 Å². The molecule has 218 valence electrons. The third kappa shape index (κ3) is 6.04. The molecule has 0 saturated carbocycles. The van der Waals surface area contributed by atoms with Gasteiger partial charge in [0.2, 0.25) is 0 Å². The number of carbonyl (C=O) groups is 1. The number of nitrogens with zero attached hydrogens (tertiary/aromatic N) is 2. The van der Waals surface area contributed by atoms with E-state index in [1.807, 2.05) is 67.7 Å². The second kappa shape index (κ2) is 10.9. The minimum absolute atomic E-state index is 0.00675. The monoisotopic (exact) mass is 576 g/mol. The van der Waals surface area contributed by atoms with E-state index in [9.17, 15) is 4.79 Å². The molecular formula is C33H40N2O5S. The zero-order chi connectivity index (χ0) is 29.7. The Morgan fingerprint density at radius 3 is 2.56 bits per heavy atom. The number of fused-ring (bicyclic) bond motifs is 1. The lowest BCUT2D eigenvalue weighted by atomic mass is 9.89. The maximum absolute atomic E-state index is 12.9. The zero-order valence-corrected chi connectivity index (χ0v) is 26.3. The van der Waals surface area contributed by atoms with Gasteiger partial charge in [0.25, 0.3) is 5.19 Å². The van der Waals surface area contributed by atoms with Crippen LogP contribution in [0.4, 0.5) is 0 Å². The highest BCUT2D eigenvalue weighted by atomic mass is 32.1. The summed E-state index contributed by atoms with van der Waals surface area (Å²) in [5.41, 5.74) is 5.69. The number of aromatic nitrogens is 2. The van der Waals surface area contributed by atoms with Crippen molar-refractivity contribution in [2.75, 3.05) is 13.2 Å². The predicted octanol–water partition coefficient (Wildman–Crippen LogP) is 7.99. The Morgan fingerprint density at radius 1 is 1.12 bits per heavy atom. The van der Waals surface area contributed by atoms with E-state index in [4.69, 9.17) is 28.9 Å². The van der Waals surface area contributed by atoms with Gasteiger partial charge in [0.1, 0.15) is 18.5 Å². The van der Waals surface area contributed by atoms with Crippen LogP contribution >= 0.6 is 11.3 Å². The number of hydrogen-bond donors (Lipinski definition) is 0. The van der Waals surface area contributed by atoms with Crippen molar-refractivity contribution in [3.63, 3.8) is 0 Å². The first-order valence-corrected chi connectivity index (χ1v) is 15.0. The first-order valence-electron chi connectivity index (χ1n) is 14.2. The summed E-state index contributed by atoms with van der Waals surface area (Å²) < 4.78 is 25.6. The summed E-state index contributed by atoms with van der Waals surface area (Å²) in [5, 5.41) is 1.65. The molecule has 0 fully saturated rings. The number of ether oxygens (including phenoxy) is 4. The van der Waals surface area contributed by atoms with Crippen molar-refractivity contribution in [3.05, 3.63) is 47.2 Å². The zero-order valence-electron chi connectivity index (χ0n) is 25.5. The van der Waals surface area contributed by atoms with Crippen LogP contribution in [0, 0.1) is 12.3 Å². The Morgan fingerprint density at radius 2 is 1.88 bits per heavy atom. The minimum Gasteiger partial charge on any atom is -0.493 e. The summed E-state index contributed by atoms with van der Waals surface area (Å²) >= 11 is 1.51. The van der Waals surface area contributed by atoms with Gasteiger partial charge in [-0.15, -0.1) is 0 Å². The normalized spacial score (nSPS) is 14.4. The fraction of sp³-hybridized carbons (Fsp3) is 0.485. The van der Waals surface area contributed by atoms with Crippen LogP contribution in [0.25, 0.3) is 32.2 Å². The molecule has 4 aromatic rings. The molecule has 2 aromatic carbocycles. The largest absolute Gasteiger partial charge is 0.493 e. The van der Waals surface area contributed by atoms with Crippen LogP contribution in [0.2, 0.25) is 0 Å². The van der Waals surface area contributed by atoms with Crippen molar-refractivity contribution in [2.24, 2.45) is 5.41 Å². The summed E-state index contributed by atoms with van der Waals surface area (Å²) in [6, 6.07) is 8.26. The minimum atomic E-state index is -0.630. The molecule has 3 heterocycles. The number of aryl methyl sites for hydroxylation is 1. The highest BCUT2D eigenvalue weighted by Gasteiger charge is 2.32. The lowest BCUT2D eigenvalue weighted by molar-refractivity contribution is -0.162. The molecule has 0 unspecified atom stereocenters. The molecule has 5 rings (SSSR count). The number of carbonyl (C=O) groups excluding carboxylic acids is 1. The summed E-state index contributed by atoms with van der Waals surface area (Å²) in [6.45, 7) is 18.4. The van der Waals surface area contributed by atoms with Gasteiger partial charge in [-0.2, -0.15) is 0 Å². The first kappa shape index (κ1) is 29.3. The number of esters is 1. The van der Waals surface area contributed by atoms with Crippen molar-refractivity contribution in [1.29, 1.82) is 0 Å². The van der Waals surface area contributed by atoms with Crippen molar-refractivity contribution in [2.45, 2.75) is 86.5 Å². The molecule has 0 N–H and O–H groups in total. The second-order valence-electron chi connectivity index (χ2n) is 12.9. The van der Waals surface area contributed by atoms with E-state index in [0.717, 1.165) is 55.5 Å². The maximum atomic E-state index is 12.9. The molecular weight excluding hydrogens is 536 g/mol. The van der Waals surface area contributed by atoms with Crippen molar-refractivity contribution in [3.8, 4) is 22.1 Å². The summed E-state index contributed by atoms with van der Waals surface area (Å²) in [4.78, 5) is 22.6. The first-order chi connectivity index (χ1) is 19.2. The molecule has 1 atom stereocenters. The Kier molecular flexibility index (Phi) is 7.76. The van der Waals surface area contributed by atoms with Gasteiger partial charge < -0.3 is 18.9 Å². The molecule has 0 bridgehead atoms. The maximum Gasteiger partial charge on any atom is 0.311 e. The molecule has 0 amide bonds. The Bertz CT molecular complexity index is 1600. The van der Waals surface area contributed by atoms with E-state index in [-0.39, 0.29) is 18.7 Å². The lowest BCUT2D eigenvalue weighted by Gasteiger charge is -2.31. The molecule has 0 aliphatic carbocycles. The molecule has 7 nitrogen and oxygen atoms in total. The molecule has 0 saturated heterocycles. The molecule has 0 spiro atoms. The quantitative estimate of drug-likeness (QED) is 0.206. The average Bonchev–Trinajstić information content (AvgIpc) is 3.26. The van der Waals surface area contributed by atoms with E-state index in [0.29, 0.717) is 11.8 Å². The third-order valence-corrected chi connectivity index (χ3v) is 7.86. The Labute approximate surface area is 246 Å². The highest BCUT2D eigenvalue weighted by Crippen LogP contribution is 2.47. The van der Waals surface area contributed by atoms with Crippen LogP contribution in [0.15, 0.2) is 30.5 Å². The molecule has 8 heteroatoms. The third-order valence-electron chi connectivity index (χ3n) is 6.88. The highest BCUT2D eigenvalue weighted by molar-refractivity contribution is 7.20. The van der Waals surface area contributed by atoms with E-state index >= 15 is 0 Å². The standard InChI is InChI=1S/C33H40N2O5S/c1-18(2)39-31-35-22-16-19(3)25(24(40-33(7,8)9)17-38-30(36)32(4,5)6)27(29(22)41-31)21-10-11-23-26-20(13-15-37-23)12-14-34-28(21)26/h10-12,14,16,18,24H,13,15,17H2,1-9H3/t24-/m1/s1. The summed E-state index contributed by atoms with van der Waals surface area (Å²) in [7, 11) is 0. The fourth-order valence-corrected chi connectivity index (χ4v) is 6.29. The predicted molar refractivity (Wildman–Crippen MR) is 164 cm³/mol. The average molecular weight is 577 g/mol. The smallest absolute Gasteiger partial charge is 0.311 e. The van der Waals surface area contributed by atoms with E-state index in [2.05, 4.69) is 25.1 Å². The van der Waals surface area contributed by atoms with Gasteiger partial charge in [0, 0.05) is 29.1 Å². The van der Waals surface area contributed by atoms with Crippen LogP contribution in [-0.4, -0.2) is 40.9 Å². The van der Waals surface area contributed by atoms with Gasteiger partial charge in [-0.25, -0.2) is 4.98 Å². The van der Waals surface area contributed by atoms with Crippen molar-refractivity contribution in [1.82, 2.24) is 9.97 Å². The van der Waals surface area contributed by atoms with Crippen LogP contribution in [-0.2, 0) is 20.7 Å². The van der Waals surface area contributed by atoms with Crippen LogP contribution < -0.4 is 9.47 Å². The van der Waals surface area contributed by atoms with Gasteiger partial charge >= 0.3 is 5.97 Å². The fourth-order valence-electron chi connectivity index (χ4n) is 5.20. The van der Waals surface area contributed by atoms with Crippen molar-refractivity contribution < 1.29 is 23.7 Å². The van der Waals surface area contributed by atoms with Gasteiger partial charge in [-0.3, -0.25) is 9.78 Å². The van der Waals surface area contributed by atoms with Crippen LogP contribution in [0.3, 0.4) is 0 Å². The number of rotatable bonds is 7. The molecule has 1 aliphatic heterocycles. The van der Waals surface area contributed by atoms with Crippen LogP contribution in [0.1, 0.15) is 78.2 Å². The summed E-state index contributed by atoms with van der Waals surface area (Å²) in [6.07, 6.45) is 2.17. The molecule has 2 aromatic heterocycles. The molecule has 1 aliphatic rings. The Hall–Kier alpha value is -3.23. The number of benzene rings is 2. The van der Waals surface area contributed by atoms with Gasteiger partial charge in [-0.05, 0) is 103 Å². The SMILES string of the molecule is Cc1cc2nc(OC(C)C)sc2c(-c2ccc3c4c(ccnc24)CCO3)c1[C@@H](COC(=O)C(C)(C)C)OC(C)(C)C. The van der Waals surface area contributed by atoms with E-state index in [1.165, 1.54) is 16.9 Å².